The molecule has 4 atom stereocenters. The summed E-state index contributed by atoms with van der Waals surface area (Å²) in [6.45, 7) is 1.81. The van der Waals surface area contributed by atoms with Crippen LogP contribution in [-0.2, 0) is 11.3 Å². The standard InChI is InChI=1S/C27H23ClFN5O3/c1-15(35)20-12-21(25(37)24(20)36)34-14-31-23-26(30-13-17-3-2-4-18(28)11-17)32-22(33-27(23)34)10-7-16-5-8-19(29)9-6-16/h2-6,8-9,11,14,20-21,24-25,36-37H,12-13H2,1H3,(H,30,32,33)/t20-,21-,24?,25+/m1/s1. The van der Waals surface area contributed by atoms with Crippen LogP contribution >= 0.6 is 11.6 Å². The van der Waals surface area contributed by atoms with Gasteiger partial charge < -0.3 is 20.1 Å². The van der Waals surface area contributed by atoms with Gasteiger partial charge in [0.05, 0.1) is 18.5 Å². The molecule has 1 saturated carbocycles. The molecule has 1 unspecified atom stereocenters. The molecule has 0 bridgehead atoms. The highest BCUT2D eigenvalue weighted by molar-refractivity contribution is 6.30. The zero-order valence-corrected chi connectivity index (χ0v) is 20.5. The zero-order valence-electron chi connectivity index (χ0n) is 19.8. The Labute approximate surface area is 217 Å². The van der Waals surface area contributed by atoms with Gasteiger partial charge in [0, 0.05) is 23.0 Å². The molecular formula is C27H23ClFN5O3. The summed E-state index contributed by atoms with van der Waals surface area (Å²) in [5.74, 6) is 5.21. The first kappa shape index (κ1) is 24.8. The highest BCUT2D eigenvalue weighted by Gasteiger charge is 2.45. The Kier molecular flexibility index (Phi) is 6.89. The fraction of sp³-hybridized carbons (Fsp3) is 0.259. The van der Waals surface area contributed by atoms with Crippen molar-refractivity contribution in [2.24, 2.45) is 5.92 Å². The van der Waals surface area contributed by atoms with E-state index in [9.17, 15) is 19.4 Å². The molecule has 4 aromatic rings. The van der Waals surface area contributed by atoms with Crippen molar-refractivity contribution in [3.05, 3.63) is 82.6 Å². The minimum Gasteiger partial charge on any atom is -0.390 e. The average Bonchev–Trinajstić information content (AvgIpc) is 3.43. The number of rotatable bonds is 5. The van der Waals surface area contributed by atoms with Gasteiger partial charge in [0.1, 0.15) is 17.7 Å². The molecule has 2 aromatic carbocycles. The molecule has 0 radical (unpaired) electrons. The molecule has 3 N–H and O–H groups in total. The lowest BCUT2D eigenvalue weighted by molar-refractivity contribution is -0.124. The molecule has 0 aliphatic heterocycles. The minimum absolute atomic E-state index is 0.184. The molecule has 2 heterocycles. The third-order valence-electron chi connectivity index (χ3n) is 6.46. The van der Waals surface area contributed by atoms with Gasteiger partial charge in [0.2, 0.25) is 5.82 Å². The van der Waals surface area contributed by atoms with Crippen molar-refractivity contribution in [1.29, 1.82) is 0 Å². The number of halogens is 2. The number of aliphatic hydroxyl groups excluding tert-OH is 2. The molecule has 1 fully saturated rings. The van der Waals surface area contributed by atoms with E-state index in [1.807, 2.05) is 18.2 Å². The molecule has 5 rings (SSSR count). The van der Waals surface area contributed by atoms with Crippen LogP contribution in [0.3, 0.4) is 0 Å². The molecule has 37 heavy (non-hydrogen) atoms. The Bertz CT molecular complexity index is 1530. The maximum atomic E-state index is 13.3. The number of hydrogen-bond donors (Lipinski definition) is 3. The number of fused-ring (bicyclic) bond motifs is 1. The van der Waals surface area contributed by atoms with Crippen LogP contribution in [0.5, 0.6) is 0 Å². The van der Waals surface area contributed by atoms with Crippen LogP contribution < -0.4 is 5.32 Å². The number of benzene rings is 2. The summed E-state index contributed by atoms with van der Waals surface area (Å²) in [5.41, 5.74) is 2.36. The monoisotopic (exact) mass is 519 g/mol. The first-order valence-corrected chi connectivity index (χ1v) is 12.0. The zero-order chi connectivity index (χ0) is 26.1. The summed E-state index contributed by atoms with van der Waals surface area (Å²) in [6, 6.07) is 12.5. The van der Waals surface area contributed by atoms with E-state index in [-0.39, 0.29) is 23.8 Å². The van der Waals surface area contributed by atoms with E-state index in [1.165, 1.54) is 25.4 Å². The summed E-state index contributed by atoms with van der Waals surface area (Å²) < 4.78 is 14.9. The van der Waals surface area contributed by atoms with E-state index in [0.29, 0.717) is 34.1 Å². The van der Waals surface area contributed by atoms with Crippen molar-refractivity contribution in [2.45, 2.75) is 38.1 Å². The number of ketones is 1. The molecule has 8 nitrogen and oxygen atoms in total. The largest absolute Gasteiger partial charge is 0.390 e. The molecule has 1 aliphatic rings. The first-order chi connectivity index (χ1) is 17.8. The van der Waals surface area contributed by atoms with Gasteiger partial charge in [-0.2, -0.15) is 0 Å². The number of Topliss-reactive ketones (excluding diaryl/α,β-unsaturated/α-hetero) is 1. The quantitative estimate of drug-likeness (QED) is 0.346. The number of imidazole rings is 1. The van der Waals surface area contributed by atoms with Crippen LogP contribution in [0.25, 0.3) is 11.2 Å². The predicted octanol–water partition coefficient (Wildman–Crippen LogP) is 3.50. The normalized spacial score (nSPS) is 21.0. The van der Waals surface area contributed by atoms with Crippen LogP contribution in [0, 0.1) is 23.6 Å². The number of hydrogen-bond acceptors (Lipinski definition) is 7. The Balaban J connectivity index is 1.55. The topological polar surface area (TPSA) is 113 Å². The first-order valence-electron chi connectivity index (χ1n) is 11.7. The van der Waals surface area contributed by atoms with Crippen LogP contribution in [0.15, 0.2) is 54.9 Å². The summed E-state index contributed by atoms with van der Waals surface area (Å²) in [7, 11) is 0. The van der Waals surface area contributed by atoms with E-state index in [0.717, 1.165) is 5.56 Å². The van der Waals surface area contributed by atoms with E-state index in [4.69, 9.17) is 11.6 Å². The Morgan fingerprint density at radius 2 is 1.95 bits per heavy atom. The number of anilines is 1. The van der Waals surface area contributed by atoms with Crippen molar-refractivity contribution < 1.29 is 19.4 Å². The van der Waals surface area contributed by atoms with E-state index in [1.54, 1.807) is 22.8 Å². The summed E-state index contributed by atoms with van der Waals surface area (Å²) in [5, 5.41) is 25.0. The molecule has 0 amide bonds. The lowest BCUT2D eigenvalue weighted by Crippen LogP contribution is -2.31. The van der Waals surface area contributed by atoms with Crippen molar-refractivity contribution in [1.82, 2.24) is 19.5 Å². The lowest BCUT2D eigenvalue weighted by atomic mass is 10.0. The van der Waals surface area contributed by atoms with Gasteiger partial charge in [-0.15, -0.1) is 0 Å². The van der Waals surface area contributed by atoms with E-state index < -0.39 is 24.2 Å². The van der Waals surface area contributed by atoms with Gasteiger partial charge in [-0.3, -0.25) is 4.79 Å². The fourth-order valence-corrected chi connectivity index (χ4v) is 4.73. The molecule has 188 valence electrons. The van der Waals surface area contributed by atoms with Gasteiger partial charge in [-0.25, -0.2) is 19.3 Å². The van der Waals surface area contributed by atoms with E-state index >= 15 is 0 Å². The Morgan fingerprint density at radius 3 is 2.65 bits per heavy atom. The molecule has 2 aromatic heterocycles. The van der Waals surface area contributed by atoms with Crippen LogP contribution in [0.1, 0.15) is 36.3 Å². The maximum absolute atomic E-state index is 13.3. The minimum atomic E-state index is -1.18. The Hall–Kier alpha value is -3.84. The van der Waals surface area contributed by atoms with Crippen LogP contribution in [0.4, 0.5) is 10.2 Å². The molecule has 0 spiro atoms. The Morgan fingerprint density at radius 1 is 1.16 bits per heavy atom. The summed E-state index contributed by atoms with van der Waals surface area (Å²) in [6.07, 6.45) is -0.586. The number of nitrogens with one attached hydrogen (secondary N) is 1. The summed E-state index contributed by atoms with van der Waals surface area (Å²) >= 11 is 6.11. The van der Waals surface area contributed by atoms with Crippen molar-refractivity contribution >= 4 is 34.4 Å². The van der Waals surface area contributed by atoms with Crippen molar-refractivity contribution in [3.8, 4) is 11.8 Å². The average molecular weight is 520 g/mol. The number of aromatic nitrogens is 4. The SMILES string of the molecule is CC(=O)[C@H]1C[C@@H](n2cnc3c(NCc4cccc(Cl)c4)nc(C#Cc4ccc(F)cc4)nc32)[C@H](O)C1O. The predicted molar refractivity (Wildman–Crippen MR) is 136 cm³/mol. The third-order valence-corrected chi connectivity index (χ3v) is 6.70. The number of carbonyl (C=O) groups is 1. The van der Waals surface area contributed by atoms with Gasteiger partial charge in [-0.05, 0) is 61.2 Å². The third kappa shape index (κ3) is 5.18. The second-order valence-electron chi connectivity index (χ2n) is 8.96. The molecule has 10 heteroatoms. The number of aliphatic hydroxyl groups is 2. The van der Waals surface area contributed by atoms with Crippen LogP contribution in [-0.4, -0.2) is 47.7 Å². The van der Waals surface area contributed by atoms with Gasteiger partial charge in [0.25, 0.3) is 0 Å². The smallest absolute Gasteiger partial charge is 0.209 e. The highest BCUT2D eigenvalue weighted by atomic mass is 35.5. The second kappa shape index (κ2) is 10.3. The summed E-state index contributed by atoms with van der Waals surface area (Å²) in [4.78, 5) is 25.6. The van der Waals surface area contributed by atoms with Gasteiger partial charge in [0.15, 0.2) is 17.0 Å². The highest BCUT2D eigenvalue weighted by Crippen LogP contribution is 2.37. The molecular weight excluding hydrogens is 497 g/mol. The van der Waals surface area contributed by atoms with Gasteiger partial charge in [-0.1, -0.05) is 29.7 Å². The fourth-order valence-electron chi connectivity index (χ4n) is 4.52. The van der Waals surface area contributed by atoms with Crippen molar-refractivity contribution in [2.75, 3.05) is 5.32 Å². The van der Waals surface area contributed by atoms with Crippen LogP contribution in [0.2, 0.25) is 5.02 Å². The van der Waals surface area contributed by atoms with Crippen molar-refractivity contribution in [3.63, 3.8) is 0 Å². The van der Waals surface area contributed by atoms with E-state index in [2.05, 4.69) is 32.1 Å². The molecule has 0 saturated heterocycles. The number of nitrogens with zero attached hydrogens (tertiary/aromatic N) is 4. The lowest BCUT2D eigenvalue weighted by Gasteiger charge is -2.18. The maximum Gasteiger partial charge on any atom is 0.209 e. The second-order valence-corrected chi connectivity index (χ2v) is 9.40. The number of carbonyl (C=O) groups excluding carboxylic acids is 1. The molecule has 1 aliphatic carbocycles. The van der Waals surface area contributed by atoms with Gasteiger partial charge >= 0.3 is 0 Å².